The van der Waals surface area contributed by atoms with Crippen molar-refractivity contribution in [2.75, 3.05) is 0 Å². The summed E-state index contributed by atoms with van der Waals surface area (Å²) in [5, 5.41) is 20.1. The van der Waals surface area contributed by atoms with Gasteiger partial charge in [-0.15, -0.1) is 0 Å². The Balaban J connectivity index is 0.000000337. The minimum Gasteiger partial charge on any atom is -0.507 e. The Morgan fingerprint density at radius 2 is 1.13 bits per heavy atom. The molecule has 0 radical (unpaired) electrons. The van der Waals surface area contributed by atoms with Crippen LogP contribution in [0.1, 0.15) is 20.3 Å². The van der Waals surface area contributed by atoms with Crippen LogP contribution in [0.5, 0.6) is 11.5 Å². The van der Waals surface area contributed by atoms with Gasteiger partial charge in [0.25, 0.3) is 0 Å². The third-order valence-electron chi connectivity index (χ3n) is 1.88. The largest absolute Gasteiger partial charge is 0.507 e. The van der Waals surface area contributed by atoms with Gasteiger partial charge in [0.1, 0.15) is 11.5 Å². The van der Waals surface area contributed by atoms with Gasteiger partial charge < -0.3 is 10.2 Å². The normalized spacial score (nSPS) is 9.47. The maximum atomic E-state index is 9.38. The number of aromatic hydroxyl groups is 2. The molecule has 0 heterocycles. The van der Waals surface area contributed by atoms with E-state index in [4.69, 9.17) is 0 Å². The van der Waals surface area contributed by atoms with Gasteiger partial charge in [0.2, 0.25) is 0 Å². The molecular formula is C13H16O2. The molecule has 0 unspecified atom stereocenters. The summed E-state index contributed by atoms with van der Waals surface area (Å²) in [6.45, 7) is 4.25. The van der Waals surface area contributed by atoms with E-state index in [1.165, 1.54) is 18.6 Å². The molecule has 0 aliphatic heterocycles. The molecule has 0 spiro atoms. The van der Waals surface area contributed by atoms with Crippen molar-refractivity contribution < 1.29 is 10.2 Å². The standard InChI is InChI=1S/C10H8O2.C3H8/c11-9-5-6-10(12)8-4-2-1-3-7(8)9;1-3-2/h1-6,11-12H;3H2,1-2H3. The van der Waals surface area contributed by atoms with Gasteiger partial charge in [-0.1, -0.05) is 44.5 Å². The average molecular weight is 204 g/mol. The maximum Gasteiger partial charge on any atom is 0.123 e. The van der Waals surface area contributed by atoms with Crippen LogP contribution in [-0.4, -0.2) is 10.2 Å². The van der Waals surface area contributed by atoms with E-state index in [-0.39, 0.29) is 11.5 Å². The Hall–Kier alpha value is -1.70. The monoisotopic (exact) mass is 204 g/mol. The first-order valence-electron chi connectivity index (χ1n) is 5.10. The predicted molar refractivity (Wildman–Crippen MR) is 63.2 cm³/mol. The van der Waals surface area contributed by atoms with Crippen molar-refractivity contribution in [3.05, 3.63) is 36.4 Å². The number of rotatable bonds is 0. The van der Waals surface area contributed by atoms with Crippen LogP contribution in [0, 0.1) is 0 Å². The molecule has 2 heteroatoms. The van der Waals surface area contributed by atoms with Gasteiger partial charge in [0.05, 0.1) is 0 Å². The van der Waals surface area contributed by atoms with E-state index >= 15 is 0 Å². The minimum atomic E-state index is 0.198. The highest BCUT2D eigenvalue weighted by atomic mass is 16.3. The second-order valence-electron chi connectivity index (χ2n) is 3.36. The topological polar surface area (TPSA) is 40.5 Å². The lowest BCUT2D eigenvalue weighted by Gasteiger charge is -2.01. The van der Waals surface area contributed by atoms with Crippen molar-refractivity contribution in [1.82, 2.24) is 0 Å². The highest BCUT2D eigenvalue weighted by Crippen LogP contribution is 2.30. The predicted octanol–water partition coefficient (Wildman–Crippen LogP) is 3.67. The molecule has 0 saturated heterocycles. The SMILES string of the molecule is CCC.Oc1ccc(O)c2ccccc12. The Kier molecular flexibility index (Phi) is 3.98. The molecule has 0 fully saturated rings. The summed E-state index contributed by atoms with van der Waals surface area (Å²) in [5.41, 5.74) is 0. The Bertz CT molecular complexity index is 395. The summed E-state index contributed by atoms with van der Waals surface area (Å²) in [6, 6.07) is 10.1. The Labute approximate surface area is 89.8 Å². The number of hydrogen-bond acceptors (Lipinski definition) is 2. The van der Waals surface area contributed by atoms with Crippen LogP contribution in [0.15, 0.2) is 36.4 Å². The van der Waals surface area contributed by atoms with Gasteiger partial charge in [0, 0.05) is 10.8 Å². The fourth-order valence-electron chi connectivity index (χ4n) is 1.27. The molecular weight excluding hydrogens is 188 g/mol. The van der Waals surface area contributed by atoms with Crippen molar-refractivity contribution in [2.24, 2.45) is 0 Å². The summed E-state index contributed by atoms with van der Waals surface area (Å²) in [5.74, 6) is 0.395. The molecule has 0 aliphatic carbocycles. The highest BCUT2D eigenvalue weighted by Gasteiger charge is 2.01. The van der Waals surface area contributed by atoms with Crippen LogP contribution in [0.3, 0.4) is 0 Å². The van der Waals surface area contributed by atoms with Crippen molar-refractivity contribution >= 4 is 10.8 Å². The molecule has 2 aromatic rings. The second kappa shape index (κ2) is 5.25. The minimum absolute atomic E-state index is 0.198. The van der Waals surface area contributed by atoms with Gasteiger partial charge in [-0.25, -0.2) is 0 Å². The van der Waals surface area contributed by atoms with Crippen molar-refractivity contribution in [3.8, 4) is 11.5 Å². The number of benzene rings is 2. The van der Waals surface area contributed by atoms with Gasteiger partial charge >= 0.3 is 0 Å². The van der Waals surface area contributed by atoms with Crippen LogP contribution in [-0.2, 0) is 0 Å². The molecule has 0 aliphatic rings. The van der Waals surface area contributed by atoms with Crippen LogP contribution in [0.2, 0.25) is 0 Å². The smallest absolute Gasteiger partial charge is 0.123 e. The van der Waals surface area contributed by atoms with Crippen LogP contribution >= 0.6 is 0 Å². The number of phenols is 2. The third-order valence-corrected chi connectivity index (χ3v) is 1.88. The molecule has 2 aromatic carbocycles. The van der Waals surface area contributed by atoms with E-state index < -0.39 is 0 Å². The van der Waals surface area contributed by atoms with E-state index in [9.17, 15) is 10.2 Å². The van der Waals surface area contributed by atoms with Gasteiger partial charge in [-0.05, 0) is 12.1 Å². The lowest BCUT2D eigenvalue weighted by molar-refractivity contribution is 0.469. The highest BCUT2D eigenvalue weighted by molar-refractivity contribution is 5.92. The first-order valence-corrected chi connectivity index (χ1v) is 5.10. The second-order valence-corrected chi connectivity index (χ2v) is 3.36. The van der Waals surface area contributed by atoms with E-state index in [1.807, 2.05) is 12.1 Å². The molecule has 80 valence electrons. The van der Waals surface area contributed by atoms with E-state index in [2.05, 4.69) is 13.8 Å². The molecule has 2 nitrogen and oxygen atoms in total. The lowest BCUT2D eigenvalue weighted by atomic mass is 10.1. The van der Waals surface area contributed by atoms with Crippen LogP contribution in [0.4, 0.5) is 0 Å². The van der Waals surface area contributed by atoms with Crippen molar-refractivity contribution in [2.45, 2.75) is 20.3 Å². The third kappa shape index (κ3) is 2.62. The molecule has 2 N–H and O–H groups in total. The van der Waals surface area contributed by atoms with E-state index in [0.717, 1.165) is 0 Å². The number of hydrogen-bond donors (Lipinski definition) is 2. The van der Waals surface area contributed by atoms with Crippen molar-refractivity contribution in [1.29, 1.82) is 0 Å². The van der Waals surface area contributed by atoms with E-state index in [0.29, 0.717) is 10.8 Å². The molecule has 0 saturated carbocycles. The number of phenolic OH excluding ortho intramolecular Hbond substituents is 2. The fourth-order valence-corrected chi connectivity index (χ4v) is 1.27. The molecule has 15 heavy (non-hydrogen) atoms. The first kappa shape index (κ1) is 11.4. The Morgan fingerprint density at radius 3 is 1.47 bits per heavy atom. The molecule has 0 aromatic heterocycles. The zero-order chi connectivity index (χ0) is 11.3. The average Bonchev–Trinajstić information content (AvgIpc) is 2.25. The van der Waals surface area contributed by atoms with Crippen molar-refractivity contribution in [3.63, 3.8) is 0 Å². The summed E-state index contributed by atoms with van der Waals surface area (Å²) in [6.07, 6.45) is 1.25. The molecule has 2 rings (SSSR count). The van der Waals surface area contributed by atoms with Crippen LogP contribution in [0.25, 0.3) is 10.8 Å². The summed E-state index contributed by atoms with van der Waals surface area (Å²) in [7, 11) is 0. The molecule has 0 amide bonds. The summed E-state index contributed by atoms with van der Waals surface area (Å²) < 4.78 is 0. The fraction of sp³-hybridized carbons (Fsp3) is 0.231. The maximum absolute atomic E-state index is 9.38. The van der Waals surface area contributed by atoms with Gasteiger partial charge in [0.15, 0.2) is 0 Å². The summed E-state index contributed by atoms with van der Waals surface area (Å²) in [4.78, 5) is 0. The van der Waals surface area contributed by atoms with Gasteiger partial charge in [-0.3, -0.25) is 0 Å². The Morgan fingerprint density at radius 1 is 0.800 bits per heavy atom. The lowest BCUT2D eigenvalue weighted by Crippen LogP contribution is -1.73. The zero-order valence-corrected chi connectivity index (χ0v) is 9.07. The van der Waals surface area contributed by atoms with E-state index in [1.54, 1.807) is 12.1 Å². The molecule has 0 atom stereocenters. The summed E-state index contributed by atoms with van der Waals surface area (Å²) >= 11 is 0. The quantitative estimate of drug-likeness (QED) is 0.643. The first-order chi connectivity index (χ1) is 7.20. The molecule has 0 bridgehead atoms. The van der Waals surface area contributed by atoms with Gasteiger partial charge in [-0.2, -0.15) is 0 Å². The zero-order valence-electron chi connectivity index (χ0n) is 9.07. The number of fused-ring (bicyclic) bond motifs is 1. The van der Waals surface area contributed by atoms with Crippen LogP contribution < -0.4 is 0 Å².